The van der Waals surface area contributed by atoms with Gasteiger partial charge in [0.25, 0.3) is 5.91 Å². The summed E-state index contributed by atoms with van der Waals surface area (Å²) >= 11 is 1.61. The maximum absolute atomic E-state index is 12.9. The van der Waals surface area contributed by atoms with Crippen LogP contribution in [-0.2, 0) is 14.3 Å². The first-order chi connectivity index (χ1) is 10.7. The van der Waals surface area contributed by atoms with Gasteiger partial charge < -0.3 is 14.5 Å². The van der Waals surface area contributed by atoms with Crippen LogP contribution >= 0.6 is 11.3 Å². The zero-order chi connectivity index (χ0) is 15.2. The van der Waals surface area contributed by atoms with Crippen molar-refractivity contribution in [3.8, 4) is 0 Å². The highest BCUT2D eigenvalue weighted by Gasteiger charge is 2.52. The highest BCUT2D eigenvalue weighted by molar-refractivity contribution is 7.08. The van der Waals surface area contributed by atoms with E-state index in [4.69, 9.17) is 4.74 Å². The van der Waals surface area contributed by atoms with E-state index >= 15 is 0 Å². The number of amides is 2. The van der Waals surface area contributed by atoms with Gasteiger partial charge >= 0.3 is 0 Å². The molecule has 118 valence electrons. The Morgan fingerprint density at radius 3 is 2.95 bits per heavy atom. The highest BCUT2D eigenvalue weighted by Crippen LogP contribution is 2.43. The van der Waals surface area contributed by atoms with Crippen molar-refractivity contribution in [3.63, 3.8) is 0 Å². The van der Waals surface area contributed by atoms with E-state index in [1.54, 1.807) is 11.3 Å². The van der Waals surface area contributed by atoms with Gasteiger partial charge in [-0.2, -0.15) is 11.3 Å². The van der Waals surface area contributed by atoms with Gasteiger partial charge in [-0.25, -0.2) is 0 Å². The maximum atomic E-state index is 12.9. The fraction of sp³-hybridized carbons (Fsp3) is 0.625. The zero-order valence-corrected chi connectivity index (χ0v) is 13.3. The van der Waals surface area contributed by atoms with E-state index in [2.05, 4.69) is 0 Å². The molecule has 3 fully saturated rings. The second-order valence-electron chi connectivity index (χ2n) is 6.48. The molecule has 1 spiro atoms. The largest absolute Gasteiger partial charge is 0.368 e. The van der Waals surface area contributed by atoms with Crippen LogP contribution in [0.1, 0.15) is 25.7 Å². The number of carbonyl (C=O) groups is 2. The lowest BCUT2D eigenvalue weighted by molar-refractivity contribution is -0.140. The molecule has 0 unspecified atom stereocenters. The molecule has 1 aromatic rings. The van der Waals surface area contributed by atoms with Gasteiger partial charge in [0, 0.05) is 31.6 Å². The summed E-state index contributed by atoms with van der Waals surface area (Å²) in [4.78, 5) is 29.1. The van der Waals surface area contributed by atoms with Crippen molar-refractivity contribution in [1.29, 1.82) is 0 Å². The van der Waals surface area contributed by atoms with Crippen LogP contribution in [0.4, 0.5) is 5.69 Å². The van der Waals surface area contributed by atoms with E-state index in [0.29, 0.717) is 19.7 Å². The average Bonchev–Trinajstić information content (AvgIpc) is 3.28. The molecule has 3 aliphatic rings. The predicted octanol–water partition coefficient (Wildman–Crippen LogP) is 1.88. The molecule has 6 heteroatoms. The second-order valence-corrected chi connectivity index (χ2v) is 7.26. The summed E-state index contributed by atoms with van der Waals surface area (Å²) in [5.74, 6) is 0.268. The molecule has 2 atom stereocenters. The van der Waals surface area contributed by atoms with Crippen molar-refractivity contribution >= 4 is 28.8 Å². The Hall–Kier alpha value is -1.40. The molecule has 1 aromatic heterocycles. The predicted molar refractivity (Wildman–Crippen MR) is 83.9 cm³/mol. The summed E-state index contributed by atoms with van der Waals surface area (Å²) in [5, 5.41) is 4.01. The first kappa shape index (κ1) is 14.2. The summed E-state index contributed by atoms with van der Waals surface area (Å²) in [5.41, 5.74) is 0.631. The number of carbonyl (C=O) groups excluding carboxylic acids is 2. The Morgan fingerprint density at radius 2 is 2.23 bits per heavy atom. The van der Waals surface area contributed by atoms with E-state index in [9.17, 15) is 9.59 Å². The van der Waals surface area contributed by atoms with Crippen molar-refractivity contribution in [3.05, 3.63) is 16.8 Å². The summed E-state index contributed by atoms with van der Waals surface area (Å²) in [6.07, 6.45) is 3.12. The van der Waals surface area contributed by atoms with E-state index in [1.165, 1.54) is 0 Å². The molecular weight excluding hydrogens is 300 g/mol. The molecular formula is C16H20N2O3S. The third kappa shape index (κ3) is 2.16. The van der Waals surface area contributed by atoms with E-state index < -0.39 is 0 Å². The van der Waals surface area contributed by atoms with Gasteiger partial charge in [-0.1, -0.05) is 0 Å². The van der Waals surface area contributed by atoms with Crippen molar-refractivity contribution in [1.82, 2.24) is 4.90 Å². The van der Waals surface area contributed by atoms with Crippen LogP contribution in [0.25, 0.3) is 0 Å². The standard InChI is InChI=1S/C16H20N2O3S/c19-14(13-2-1-8-21-13)17-6-4-16(11-17)5-7-18(15(16)20)12-3-9-22-10-12/h3,9-10,13H,1-2,4-8,11H2/t13-,16+/m1/s1. The number of likely N-dealkylation sites (tertiary alicyclic amines) is 1. The highest BCUT2D eigenvalue weighted by atomic mass is 32.1. The topological polar surface area (TPSA) is 49.9 Å². The van der Waals surface area contributed by atoms with E-state index in [-0.39, 0.29) is 23.3 Å². The van der Waals surface area contributed by atoms with Gasteiger partial charge in [-0.05, 0) is 37.1 Å². The first-order valence-electron chi connectivity index (χ1n) is 7.94. The van der Waals surface area contributed by atoms with Crippen molar-refractivity contribution < 1.29 is 14.3 Å². The van der Waals surface area contributed by atoms with Gasteiger partial charge in [0.2, 0.25) is 5.91 Å². The number of thiophene rings is 1. The first-order valence-corrected chi connectivity index (χ1v) is 8.88. The minimum atomic E-state index is -0.365. The fourth-order valence-corrected chi connectivity index (χ4v) is 4.53. The summed E-state index contributed by atoms with van der Waals surface area (Å²) < 4.78 is 5.50. The fourth-order valence-electron chi connectivity index (χ4n) is 3.89. The minimum Gasteiger partial charge on any atom is -0.368 e. The lowest BCUT2D eigenvalue weighted by Crippen LogP contribution is -2.41. The molecule has 3 aliphatic heterocycles. The monoisotopic (exact) mass is 320 g/mol. The van der Waals surface area contributed by atoms with Crippen LogP contribution in [0.15, 0.2) is 16.8 Å². The molecule has 2 amide bonds. The number of hydrogen-bond donors (Lipinski definition) is 0. The number of hydrogen-bond acceptors (Lipinski definition) is 4. The number of ether oxygens (including phenoxy) is 1. The Morgan fingerprint density at radius 1 is 1.36 bits per heavy atom. The molecule has 22 heavy (non-hydrogen) atoms. The second kappa shape index (κ2) is 5.35. The van der Waals surface area contributed by atoms with Crippen LogP contribution in [0.5, 0.6) is 0 Å². The van der Waals surface area contributed by atoms with Crippen LogP contribution in [0.3, 0.4) is 0 Å². The maximum Gasteiger partial charge on any atom is 0.251 e. The summed E-state index contributed by atoms with van der Waals surface area (Å²) in [6.45, 7) is 2.69. The molecule has 0 bridgehead atoms. The molecule has 0 aromatic carbocycles. The van der Waals surface area contributed by atoms with Crippen LogP contribution in [-0.4, -0.2) is 49.1 Å². The van der Waals surface area contributed by atoms with Crippen LogP contribution < -0.4 is 4.90 Å². The van der Waals surface area contributed by atoms with Gasteiger partial charge in [0.1, 0.15) is 6.10 Å². The number of rotatable bonds is 2. The molecule has 4 heterocycles. The molecule has 0 saturated carbocycles. The van der Waals surface area contributed by atoms with Gasteiger partial charge in [0.15, 0.2) is 0 Å². The lowest BCUT2D eigenvalue weighted by Gasteiger charge is -2.24. The van der Waals surface area contributed by atoms with E-state index in [1.807, 2.05) is 26.6 Å². The normalized spacial score (nSPS) is 31.6. The molecule has 0 N–H and O–H groups in total. The summed E-state index contributed by atoms with van der Waals surface area (Å²) in [6, 6.07) is 1.99. The zero-order valence-electron chi connectivity index (χ0n) is 12.5. The van der Waals surface area contributed by atoms with Gasteiger partial charge in [0.05, 0.1) is 11.1 Å². The Kier molecular flexibility index (Phi) is 3.46. The molecule has 0 radical (unpaired) electrons. The quantitative estimate of drug-likeness (QED) is 0.836. The SMILES string of the molecule is O=C([C@H]1CCCO1)N1CC[C@]2(CCN(c3ccsc3)C2=O)C1. The third-order valence-corrected chi connectivity index (χ3v) is 5.87. The average molecular weight is 320 g/mol. The molecule has 4 rings (SSSR count). The van der Waals surface area contributed by atoms with Gasteiger partial charge in [-0.15, -0.1) is 0 Å². The molecule has 0 aliphatic carbocycles. The van der Waals surface area contributed by atoms with Crippen molar-refractivity contribution in [2.24, 2.45) is 5.41 Å². The van der Waals surface area contributed by atoms with Crippen molar-refractivity contribution in [2.75, 3.05) is 31.1 Å². The smallest absolute Gasteiger partial charge is 0.251 e. The van der Waals surface area contributed by atoms with Crippen LogP contribution in [0, 0.1) is 5.41 Å². The van der Waals surface area contributed by atoms with E-state index in [0.717, 1.165) is 37.9 Å². The Labute approximate surface area is 133 Å². The Bertz CT molecular complexity index is 582. The summed E-state index contributed by atoms with van der Waals surface area (Å²) in [7, 11) is 0. The molecule has 5 nitrogen and oxygen atoms in total. The minimum absolute atomic E-state index is 0.0798. The Balaban J connectivity index is 1.47. The van der Waals surface area contributed by atoms with Crippen LogP contribution in [0.2, 0.25) is 0 Å². The van der Waals surface area contributed by atoms with Gasteiger partial charge in [-0.3, -0.25) is 9.59 Å². The number of nitrogens with zero attached hydrogens (tertiary/aromatic N) is 2. The number of anilines is 1. The van der Waals surface area contributed by atoms with Crippen molar-refractivity contribution in [2.45, 2.75) is 31.8 Å². The molecule has 3 saturated heterocycles. The third-order valence-electron chi connectivity index (χ3n) is 5.20. The lowest BCUT2D eigenvalue weighted by atomic mass is 9.85.